The van der Waals surface area contributed by atoms with Crippen LogP contribution in [-0.2, 0) is 4.79 Å². The lowest BCUT2D eigenvalue weighted by atomic mass is 10.1. The smallest absolute Gasteiger partial charge is 0.313 e. The van der Waals surface area contributed by atoms with Gasteiger partial charge in [0, 0.05) is 32.2 Å². The van der Waals surface area contributed by atoms with Gasteiger partial charge in [0.1, 0.15) is 17.1 Å². The van der Waals surface area contributed by atoms with Crippen LogP contribution in [0.15, 0.2) is 18.2 Å². The lowest BCUT2D eigenvalue weighted by Crippen LogP contribution is -2.57. The molecule has 3 N–H and O–H groups in total. The molecule has 0 radical (unpaired) electrons. The molecular weight excluding hydrogens is 315 g/mol. The monoisotopic (exact) mass is 336 g/mol. The molecule has 1 aromatic carbocycles. The van der Waals surface area contributed by atoms with Crippen LogP contribution < -0.4 is 20.7 Å². The van der Waals surface area contributed by atoms with E-state index in [2.05, 4.69) is 10.2 Å². The van der Waals surface area contributed by atoms with Crippen molar-refractivity contribution in [3.63, 3.8) is 0 Å². The average Bonchev–Trinajstić information content (AvgIpc) is 3.34. The predicted molar refractivity (Wildman–Crippen MR) is 86.4 cm³/mol. The van der Waals surface area contributed by atoms with Crippen molar-refractivity contribution in [2.24, 2.45) is 5.73 Å². The highest BCUT2D eigenvalue weighted by Crippen LogP contribution is 2.38. The largest absolute Gasteiger partial charge is 0.494 e. The number of anilines is 1. The van der Waals surface area contributed by atoms with Crippen molar-refractivity contribution < 1.29 is 18.7 Å². The first-order chi connectivity index (χ1) is 11.4. The molecule has 1 aliphatic carbocycles. The first-order valence-corrected chi connectivity index (χ1v) is 7.91. The standard InChI is InChI=1S/C16H21FN4O3/c1-24-13-10-11(17)2-3-12(13)20-6-8-21(9-7-20)14(22)16(4-5-16)19-15(18)23/h2-3,10H,4-9H2,1H3,(H3,18,19,23). The summed E-state index contributed by atoms with van der Waals surface area (Å²) in [4.78, 5) is 27.5. The molecule has 2 fully saturated rings. The van der Waals surface area contributed by atoms with Crippen molar-refractivity contribution in [3.05, 3.63) is 24.0 Å². The molecule has 1 aromatic rings. The summed E-state index contributed by atoms with van der Waals surface area (Å²) in [6.45, 7) is 2.28. The number of hydrogen-bond donors (Lipinski definition) is 2. The molecule has 0 spiro atoms. The fourth-order valence-corrected chi connectivity index (χ4v) is 3.12. The first kappa shape index (κ1) is 16.4. The number of halogens is 1. The molecule has 130 valence electrons. The first-order valence-electron chi connectivity index (χ1n) is 7.91. The SMILES string of the molecule is COc1cc(F)ccc1N1CCN(C(=O)C2(NC(N)=O)CC2)CC1. The third-order valence-corrected chi connectivity index (χ3v) is 4.57. The van der Waals surface area contributed by atoms with E-state index in [1.807, 2.05) is 0 Å². The van der Waals surface area contributed by atoms with Gasteiger partial charge in [0.2, 0.25) is 5.91 Å². The van der Waals surface area contributed by atoms with Crippen LogP contribution in [-0.4, -0.2) is 55.7 Å². The number of benzene rings is 1. The molecule has 0 atom stereocenters. The summed E-state index contributed by atoms with van der Waals surface area (Å²) in [5.41, 5.74) is 5.16. The minimum absolute atomic E-state index is 0.0768. The Morgan fingerprint density at radius 2 is 1.92 bits per heavy atom. The van der Waals surface area contributed by atoms with E-state index in [0.717, 1.165) is 5.69 Å². The molecular formula is C16H21FN4O3. The third-order valence-electron chi connectivity index (χ3n) is 4.57. The summed E-state index contributed by atoms with van der Waals surface area (Å²) in [5, 5.41) is 2.57. The predicted octanol–water partition coefficient (Wildman–Crippen LogP) is 0.684. The lowest BCUT2D eigenvalue weighted by molar-refractivity contribution is -0.134. The van der Waals surface area contributed by atoms with Gasteiger partial charge in [-0.2, -0.15) is 0 Å². The molecule has 2 aliphatic rings. The fraction of sp³-hybridized carbons (Fsp3) is 0.500. The summed E-state index contributed by atoms with van der Waals surface area (Å²) in [5.74, 6) is 0.0495. The molecule has 3 amide bonds. The van der Waals surface area contributed by atoms with Gasteiger partial charge in [0.05, 0.1) is 12.8 Å². The molecule has 1 saturated carbocycles. The van der Waals surface area contributed by atoms with Crippen molar-refractivity contribution in [2.45, 2.75) is 18.4 Å². The zero-order valence-electron chi connectivity index (χ0n) is 13.5. The van der Waals surface area contributed by atoms with Gasteiger partial charge in [-0.15, -0.1) is 0 Å². The number of piperazine rings is 1. The molecule has 1 heterocycles. The number of primary amides is 1. The second kappa shape index (κ2) is 6.18. The van der Waals surface area contributed by atoms with Crippen molar-refractivity contribution in [1.82, 2.24) is 10.2 Å². The van der Waals surface area contributed by atoms with Gasteiger partial charge in [-0.25, -0.2) is 9.18 Å². The highest BCUT2D eigenvalue weighted by atomic mass is 19.1. The Kier molecular flexibility index (Phi) is 4.21. The topological polar surface area (TPSA) is 87.9 Å². The van der Waals surface area contributed by atoms with Gasteiger partial charge >= 0.3 is 6.03 Å². The lowest BCUT2D eigenvalue weighted by Gasteiger charge is -2.38. The number of rotatable bonds is 4. The van der Waals surface area contributed by atoms with Crippen LogP contribution in [0.2, 0.25) is 0 Å². The van der Waals surface area contributed by atoms with E-state index in [9.17, 15) is 14.0 Å². The van der Waals surface area contributed by atoms with Crippen molar-refractivity contribution in [2.75, 3.05) is 38.2 Å². The van der Waals surface area contributed by atoms with Gasteiger partial charge < -0.3 is 25.6 Å². The molecule has 3 rings (SSSR count). The Morgan fingerprint density at radius 1 is 1.25 bits per heavy atom. The van der Waals surface area contributed by atoms with E-state index < -0.39 is 11.6 Å². The van der Waals surface area contributed by atoms with Crippen molar-refractivity contribution in [3.8, 4) is 5.75 Å². The average molecular weight is 336 g/mol. The number of urea groups is 1. The second-order valence-electron chi connectivity index (χ2n) is 6.17. The number of carbonyl (C=O) groups is 2. The molecule has 1 aliphatic heterocycles. The maximum atomic E-state index is 13.3. The van der Waals surface area contributed by atoms with Crippen molar-refractivity contribution in [1.29, 1.82) is 0 Å². The Labute approximate surface area is 139 Å². The minimum Gasteiger partial charge on any atom is -0.494 e. The van der Waals surface area contributed by atoms with E-state index in [1.165, 1.54) is 19.2 Å². The van der Waals surface area contributed by atoms with Crippen LogP contribution in [0.25, 0.3) is 0 Å². The zero-order valence-corrected chi connectivity index (χ0v) is 13.5. The number of nitrogens with two attached hydrogens (primary N) is 1. The molecule has 0 bridgehead atoms. The van der Waals surface area contributed by atoms with Crippen LogP contribution in [0.1, 0.15) is 12.8 Å². The zero-order chi connectivity index (χ0) is 17.3. The van der Waals surface area contributed by atoms with Gasteiger partial charge in [-0.3, -0.25) is 4.79 Å². The van der Waals surface area contributed by atoms with Crippen LogP contribution in [0, 0.1) is 5.82 Å². The van der Waals surface area contributed by atoms with Crippen LogP contribution in [0.4, 0.5) is 14.9 Å². The number of carbonyl (C=O) groups excluding carboxylic acids is 2. The number of hydrogen-bond acceptors (Lipinski definition) is 4. The Morgan fingerprint density at radius 3 is 2.46 bits per heavy atom. The molecule has 0 aromatic heterocycles. The molecule has 7 nitrogen and oxygen atoms in total. The Hall–Kier alpha value is -2.51. The summed E-state index contributed by atoms with van der Waals surface area (Å²) in [7, 11) is 1.50. The number of methoxy groups -OCH3 is 1. The third kappa shape index (κ3) is 3.08. The normalized spacial score (nSPS) is 18.9. The number of nitrogens with zero attached hydrogens (tertiary/aromatic N) is 2. The molecule has 24 heavy (non-hydrogen) atoms. The fourth-order valence-electron chi connectivity index (χ4n) is 3.12. The van der Waals surface area contributed by atoms with Crippen LogP contribution in [0.3, 0.4) is 0 Å². The molecule has 0 unspecified atom stereocenters. The highest BCUT2D eigenvalue weighted by molar-refractivity contribution is 5.93. The second-order valence-corrected chi connectivity index (χ2v) is 6.17. The van der Waals surface area contributed by atoms with E-state index in [1.54, 1.807) is 11.0 Å². The summed E-state index contributed by atoms with van der Waals surface area (Å²) in [6, 6.07) is 3.76. The Balaban J connectivity index is 1.64. The van der Waals surface area contributed by atoms with E-state index in [0.29, 0.717) is 44.8 Å². The number of ether oxygens (including phenoxy) is 1. The highest BCUT2D eigenvalue weighted by Gasteiger charge is 2.53. The van der Waals surface area contributed by atoms with Gasteiger partial charge in [0.15, 0.2) is 0 Å². The molecule has 8 heteroatoms. The summed E-state index contributed by atoms with van der Waals surface area (Å²) in [6.07, 6.45) is 1.25. The number of amides is 3. The van der Waals surface area contributed by atoms with Crippen LogP contribution in [0.5, 0.6) is 5.75 Å². The molecule has 1 saturated heterocycles. The summed E-state index contributed by atoms with van der Waals surface area (Å²) >= 11 is 0. The minimum atomic E-state index is -0.804. The van der Waals surface area contributed by atoms with E-state index >= 15 is 0 Å². The van der Waals surface area contributed by atoms with Crippen molar-refractivity contribution >= 4 is 17.6 Å². The maximum absolute atomic E-state index is 13.3. The van der Waals surface area contributed by atoms with E-state index in [4.69, 9.17) is 10.5 Å². The van der Waals surface area contributed by atoms with Gasteiger partial charge in [-0.1, -0.05) is 0 Å². The quantitative estimate of drug-likeness (QED) is 0.846. The maximum Gasteiger partial charge on any atom is 0.313 e. The summed E-state index contributed by atoms with van der Waals surface area (Å²) < 4.78 is 18.6. The van der Waals surface area contributed by atoms with E-state index in [-0.39, 0.29) is 11.7 Å². The van der Waals surface area contributed by atoms with Crippen LogP contribution >= 0.6 is 0 Å². The van der Waals surface area contributed by atoms with Gasteiger partial charge in [0.25, 0.3) is 0 Å². The Bertz CT molecular complexity index is 655. The number of nitrogens with one attached hydrogen (secondary N) is 1. The van der Waals surface area contributed by atoms with Gasteiger partial charge in [-0.05, 0) is 25.0 Å².